The van der Waals surface area contributed by atoms with Crippen LogP contribution in [0.2, 0.25) is 0 Å². The molecule has 0 aromatic carbocycles. The fourth-order valence-corrected chi connectivity index (χ4v) is 0.255. The third-order valence-electron chi connectivity index (χ3n) is 0.603. The first-order valence-corrected chi connectivity index (χ1v) is 2.19. The van der Waals surface area contributed by atoms with Gasteiger partial charge in [-0.3, -0.25) is 4.89 Å². The number of hydrogen-bond acceptors (Lipinski definition) is 4. The van der Waals surface area contributed by atoms with Crippen molar-refractivity contribution in [1.29, 1.82) is 0 Å². The van der Waals surface area contributed by atoms with E-state index in [4.69, 9.17) is 5.26 Å². The van der Waals surface area contributed by atoms with Crippen molar-refractivity contribution in [2.24, 2.45) is 5.73 Å². The minimum absolute atomic E-state index is 0.421. The first-order chi connectivity index (χ1) is 4.57. The molecule has 0 aromatic heterocycles. The summed E-state index contributed by atoms with van der Waals surface area (Å²) in [6.07, 6.45) is 0. The molecule has 0 bridgehead atoms. The average molecular weight is 146 g/mol. The number of carbonyl (C=O) groups is 2. The number of nitrogens with one attached hydrogen (secondary N) is 1. The minimum atomic E-state index is -1.15. The van der Waals surface area contributed by atoms with Crippen molar-refractivity contribution in [2.75, 3.05) is 0 Å². The lowest BCUT2D eigenvalue weighted by molar-refractivity contribution is -0.229. The molecule has 2 amide bonds. The highest BCUT2D eigenvalue weighted by Crippen LogP contribution is 1.85. The first kappa shape index (κ1) is 8.44. The van der Waals surface area contributed by atoms with Gasteiger partial charge >= 0.3 is 12.0 Å². The lowest BCUT2D eigenvalue weighted by Gasteiger charge is -1.99. The number of urea groups is 1. The van der Waals surface area contributed by atoms with Crippen molar-refractivity contribution in [3.8, 4) is 0 Å². The monoisotopic (exact) mass is 146 g/mol. The van der Waals surface area contributed by atoms with Gasteiger partial charge in [-0.25, -0.2) is 9.59 Å². The molecule has 6 heteroatoms. The Labute approximate surface area is 56.2 Å². The summed E-state index contributed by atoms with van der Waals surface area (Å²) in [6, 6.07) is -0.949. The zero-order valence-corrected chi connectivity index (χ0v) is 4.96. The third kappa shape index (κ3) is 2.68. The van der Waals surface area contributed by atoms with Crippen molar-refractivity contribution in [3.05, 3.63) is 12.3 Å². The van der Waals surface area contributed by atoms with Gasteiger partial charge in [0.1, 0.15) is 5.70 Å². The van der Waals surface area contributed by atoms with E-state index in [0.29, 0.717) is 0 Å². The standard InChI is InChI=1S/C4H6N2O4/c1-2(3(7)10-9)6-4(5)8/h9H,1H2,(H3,5,6,8). The van der Waals surface area contributed by atoms with E-state index in [-0.39, 0.29) is 0 Å². The maximum Gasteiger partial charge on any atom is 0.388 e. The molecule has 0 heterocycles. The molecule has 0 aliphatic carbocycles. The SMILES string of the molecule is C=C(NC(N)=O)C(=O)OO. The van der Waals surface area contributed by atoms with E-state index in [0.717, 1.165) is 0 Å². The van der Waals surface area contributed by atoms with Crippen molar-refractivity contribution < 1.29 is 19.7 Å². The van der Waals surface area contributed by atoms with Gasteiger partial charge < -0.3 is 11.1 Å². The van der Waals surface area contributed by atoms with Crippen molar-refractivity contribution in [2.45, 2.75) is 0 Å². The third-order valence-corrected chi connectivity index (χ3v) is 0.603. The van der Waals surface area contributed by atoms with Gasteiger partial charge in [-0.15, -0.1) is 0 Å². The van der Waals surface area contributed by atoms with E-state index in [1.165, 1.54) is 0 Å². The van der Waals surface area contributed by atoms with Crippen LogP contribution in [0.5, 0.6) is 0 Å². The summed E-state index contributed by atoms with van der Waals surface area (Å²) >= 11 is 0. The van der Waals surface area contributed by atoms with E-state index in [1.807, 2.05) is 0 Å². The van der Waals surface area contributed by atoms with Crippen LogP contribution in [-0.2, 0) is 9.68 Å². The number of amides is 2. The summed E-state index contributed by atoms with van der Waals surface area (Å²) in [6.45, 7) is 3.02. The molecular formula is C4H6N2O4. The molecule has 10 heavy (non-hydrogen) atoms. The Morgan fingerprint density at radius 1 is 1.60 bits per heavy atom. The Kier molecular flexibility index (Phi) is 2.92. The normalized spacial score (nSPS) is 8.10. The van der Waals surface area contributed by atoms with E-state index < -0.39 is 17.7 Å². The van der Waals surface area contributed by atoms with E-state index in [2.05, 4.69) is 17.2 Å². The maximum atomic E-state index is 10.2. The van der Waals surface area contributed by atoms with Crippen LogP contribution in [0, 0.1) is 0 Å². The highest BCUT2D eigenvalue weighted by molar-refractivity contribution is 5.91. The molecular weight excluding hydrogens is 140 g/mol. The topological polar surface area (TPSA) is 102 Å². The van der Waals surface area contributed by atoms with Gasteiger partial charge in [0.2, 0.25) is 0 Å². The zero-order chi connectivity index (χ0) is 8.15. The number of carbonyl (C=O) groups excluding carboxylic acids is 2. The molecule has 0 aliphatic rings. The van der Waals surface area contributed by atoms with Gasteiger partial charge in [0.25, 0.3) is 0 Å². The molecule has 6 nitrogen and oxygen atoms in total. The largest absolute Gasteiger partial charge is 0.388 e. The van der Waals surface area contributed by atoms with Crippen LogP contribution in [-0.4, -0.2) is 17.3 Å². The number of rotatable bonds is 2. The zero-order valence-electron chi connectivity index (χ0n) is 4.96. The van der Waals surface area contributed by atoms with Crippen LogP contribution in [0.3, 0.4) is 0 Å². The molecule has 0 saturated heterocycles. The van der Waals surface area contributed by atoms with Crippen molar-refractivity contribution in [3.63, 3.8) is 0 Å². The van der Waals surface area contributed by atoms with Gasteiger partial charge in [-0.2, -0.15) is 5.26 Å². The Morgan fingerprint density at radius 3 is 2.40 bits per heavy atom. The van der Waals surface area contributed by atoms with E-state index >= 15 is 0 Å². The van der Waals surface area contributed by atoms with Crippen molar-refractivity contribution >= 4 is 12.0 Å². The quantitative estimate of drug-likeness (QED) is 0.269. The van der Waals surface area contributed by atoms with Crippen LogP contribution in [0.25, 0.3) is 0 Å². The summed E-state index contributed by atoms with van der Waals surface area (Å²) in [5, 5.41) is 9.52. The van der Waals surface area contributed by atoms with Gasteiger partial charge in [0.05, 0.1) is 0 Å². The molecule has 0 aromatic rings. The highest BCUT2D eigenvalue weighted by Gasteiger charge is 2.08. The smallest absolute Gasteiger partial charge is 0.351 e. The summed E-state index contributed by atoms with van der Waals surface area (Å²) in [5.41, 5.74) is 4.16. The van der Waals surface area contributed by atoms with Crippen LogP contribution < -0.4 is 11.1 Å². The van der Waals surface area contributed by atoms with Gasteiger partial charge in [0, 0.05) is 0 Å². The summed E-state index contributed by atoms with van der Waals surface area (Å²) in [4.78, 5) is 23.4. The van der Waals surface area contributed by atoms with Gasteiger partial charge in [-0.05, 0) is 0 Å². The molecule has 0 aliphatic heterocycles. The average Bonchev–Trinajstić information content (AvgIpc) is 1.85. The maximum absolute atomic E-state index is 10.2. The molecule has 0 spiro atoms. The van der Waals surface area contributed by atoms with Gasteiger partial charge in [-0.1, -0.05) is 6.58 Å². The molecule has 0 rings (SSSR count). The second kappa shape index (κ2) is 3.46. The minimum Gasteiger partial charge on any atom is -0.351 e. The Morgan fingerprint density at radius 2 is 2.10 bits per heavy atom. The molecule has 0 radical (unpaired) electrons. The lowest BCUT2D eigenvalue weighted by Crippen LogP contribution is -2.31. The van der Waals surface area contributed by atoms with Crippen LogP contribution in [0.1, 0.15) is 0 Å². The second-order valence-corrected chi connectivity index (χ2v) is 1.35. The molecule has 56 valence electrons. The van der Waals surface area contributed by atoms with E-state index in [9.17, 15) is 9.59 Å². The molecule has 0 atom stereocenters. The van der Waals surface area contributed by atoms with E-state index in [1.54, 1.807) is 5.32 Å². The van der Waals surface area contributed by atoms with Crippen LogP contribution >= 0.6 is 0 Å². The predicted molar refractivity (Wildman–Crippen MR) is 30.6 cm³/mol. The van der Waals surface area contributed by atoms with Gasteiger partial charge in [0.15, 0.2) is 0 Å². The molecule has 0 saturated carbocycles. The molecule has 0 unspecified atom stereocenters. The first-order valence-electron chi connectivity index (χ1n) is 2.19. The van der Waals surface area contributed by atoms with Crippen LogP contribution in [0.4, 0.5) is 4.79 Å². The summed E-state index contributed by atoms with van der Waals surface area (Å²) in [5.74, 6) is -1.15. The Bertz CT molecular complexity index is 176. The fourth-order valence-electron chi connectivity index (χ4n) is 0.255. The molecule has 4 N–H and O–H groups in total. The Balaban J connectivity index is 3.86. The number of hydrogen-bond donors (Lipinski definition) is 3. The lowest BCUT2D eigenvalue weighted by atomic mass is 10.5. The number of primary amides is 1. The number of nitrogens with two attached hydrogens (primary N) is 1. The molecule has 0 fully saturated rings. The summed E-state index contributed by atoms with van der Waals surface area (Å²) in [7, 11) is 0. The summed E-state index contributed by atoms with van der Waals surface area (Å²) < 4.78 is 0. The fraction of sp³-hybridized carbons (Fsp3) is 0. The van der Waals surface area contributed by atoms with Crippen molar-refractivity contribution in [1.82, 2.24) is 5.32 Å². The highest BCUT2D eigenvalue weighted by atomic mass is 17.1. The van der Waals surface area contributed by atoms with Crippen LogP contribution in [0.15, 0.2) is 12.3 Å². The second-order valence-electron chi connectivity index (χ2n) is 1.35. The predicted octanol–water partition coefficient (Wildman–Crippen LogP) is -0.815. The Hall–Kier alpha value is -1.56.